The minimum Gasteiger partial charge on any atom is -0.349 e. The molecule has 5 nitrogen and oxygen atoms in total. The van der Waals surface area contributed by atoms with Gasteiger partial charge >= 0.3 is 0 Å². The van der Waals surface area contributed by atoms with Crippen molar-refractivity contribution >= 4 is 15.9 Å². The van der Waals surface area contributed by atoms with E-state index in [2.05, 4.69) is 19.2 Å². The molecule has 0 radical (unpaired) electrons. The molecule has 2 rings (SSSR count). The minimum atomic E-state index is -3.72. The Hall–Kier alpha value is -1.40. The average Bonchev–Trinajstić information content (AvgIpc) is 2.36. The molecule has 2 unspecified atom stereocenters. The predicted molar refractivity (Wildman–Crippen MR) is 81.2 cm³/mol. The molecule has 0 spiro atoms. The van der Waals surface area contributed by atoms with Crippen LogP contribution in [0.3, 0.4) is 0 Å². The molecule has 1 aromatic carbocycles. The van der Waals surface area contributed by atoms with Crippen LogP contribution in [0.4, 0.5) is 0 Å². The van der Waals surface area contributed by atoms with Crippen LogP contribution >= 0.6 is 0 Å². The van der Waals surface area contributed by atoms with Crippen LogP contribution in [-0.4, -0.2) is 20.4 Å². The normalized spacial score (nSPS) is 26.3. The van der Waals surface area contributed by atoms with Crippen molar-refractivity contribution in [3.05, 3.63) is 29.8 Å². The molecule has 1 amide bonds. The maximum absolute atomic E-state index is 12.2. The van der Waals surface area contributed by atoms with E-state index in [9.17, 15) is 13.2 Å². The first-order valence-electron chi connectivity index (χ1n) is 7.19. The largest absolute Gasteiger partial charge is 0.349 e. The first-order chi connectivity index (χ1) is 9.75. The molecule has 0 bridgehead atoms. The predicted octanol–water partition coefficient (Wildman–Crippen LogP) is 1.89. The smallest absolute Gasteiger partial charge is 0.251 e. The summed E-state index contributed by atoms with van der Waals surface area (Å²) in [5.41, 5.74) is 0.452. The number of rotatable bonds is 3. The summed E-state index contributed by atoms with van der Waals surface area (Å²) in [4.78, 5) is 12.2. The van der Waals surface area contributed by atoms with Gasteiger partial charge in [0, 0.05) is 11.6 Å². The Bertz CT molecular complexity index is 600. The number of nitrogens with two attached hydrogens (primary N) is 1. The van der Waals surface area contributed by atoms with E-state index >= 15 is 0 Å². The van der Waals surface area contributed by atoms with Crippen LogP contribution in [0.2, 0.25) is 0 Å². The summed E-state index contributed by atoms with van der Waals surface area (Å²) in [5, 5.41) is 8.07. The van der Waals surface area contributed by atoms with Crippen LogP contribution in [0.1, 0.15) is 43.5 Å². The summed E-state index contributed by atoms with van der Waals surface area (Å²) in [6, 6.07) is 5.89. The van der Waals surface area contributed by atoms with Crippen LogP contribution in [0.15, 0.2) is 29.2 Å². The van der Waals surface area contributed by atoms with Gasteiger partial charge in [0.25, 0.3) is 5.91 Å². The first kappa shape index (κ1) is 16.0. The quantitative estimate of drug-likeness (QED) is 0.893. The molecule has 1 saturated carbocycles. The Kier molecular flexibility index (Phi) is 4.68. The van der Waals surface area contributed by atoms with Gasteiger partial charge in [-0.1, -0.05) is 13.8 Å². The molecule has 2 atom stereocenters. The third-order valence-corrected chi connectivity index (χ3v) is 4.89. The number of carbonyl (C=O) groups is 1. The molecule has 21 heavy (non-hydrogen) atoms. The monoisotopic (exact) mass is 310 g/mol. The summed E-state index contributed by atoms with van der Waals surface area (Å²) in [7, 11) is -3.72. The zero-order valence-electron chi connectivity index (χ0n) is 12.4. The number of nitrogens with one attached hydrogen (secondary N) is 1. The van der Waals surface area contributed by atoms with Crippen molar-refractivity contribution in [2.75, 3.05) is 0 Å². The highest BCUT2D eigenvalue weighted by atomic mass is 32.2. The Morgan fingerprint density at radius 3 is 2.10 bits per heavy atom. The highest BCUT2D eigenvalue weighted by molar-refractivity contribution is 7.89. The molecule has 0 heterocycles. The fourth-order valence-corrected chi connectivity index (χ4v) is 3.64. The van der Waals surface area contributed by atoms with Crippen molar-refractivity contribution in [2.24, 2.45) is 17.0 Å². The third kappa shape index (κ3) is 4.28. The van der Waals surface area contributed by atoms with E-state index in [1.807, 2.05) is 0 Å². The lowest BCUT2D eigenvalue weighted by atomic mass is 9.80. The first-order valence-corrected chi connectivity index (χ1v) is 8.74. The van der Waals surface area contributed by atoms with Gasteiger partial charge in [-0.25, -0.2) is 13.6 Å². The van der Waals surface area contributed by atoms with E-state index < -0.39 is 10.0 Å². The summed E-state index contributed by atoms with van der Waals surface area (Å²) in [6.45, 7) is 4.41. The van der Waals surface area contributed by atoms with E-state index in [0.29, 0.717) is 17.4 Å². The molecular formula is C15H22N2O3S. The Balaban J connectivity index is 2.03. The molecule has 6 heteroatoms. The molecule has 1 aliphatic carbocycles. The van der Waals surface area contributed by atoms with E-state index in [-0.39, 0.29) is 16.8 Å². The summed E-state index contributed by atoms with van der Waals surface area (Å²) < 4.78 is 22.4. The van der Waals surface area contributed by atoms with E-state index in [1.165, 1.54) is 30.7 Å². The SMILES string of the molecule is CC1CC(C)CC(NC(=O)c2ccc(S(N)(=O)=O)cc2)C1. The van der Waals surface area contributed by atoms with Crippen molar-refractivity contribution in [2.45, 2.75) is 44.0 Å². The van der Waals surface area contributed by atoms with Crippen molar-refractivity contribution in [3.8, 4) is 0 Å². The van der Waals surface area contributed by atoms with Crippen molar-refractivity contribution < 1.29 is 13.2 Å². The molecular weight excluding hydrogens is 288 g/mol. The van der Waals surface area contributed by atoms with Crippen LogP contribution < -0.4 is 10.5 Å². The lowest BCUT2D eigenvalue weighted by Crippen LogP contribution is -2.40. The van der Waals surface area contributed by atoms with Gasteiger partial charge in [0.2, 0.25) is 10.0 Å². The van der Waals surface area contributed by atoms with Gasteiger partial charge in [0.15, 0.2) is 0 Å². The minimum absolute atomic E-state index is 0.0129. The van der Waals surface area contributed by atoms with Crippen LogP contribution in [-0.2, 0) is 10.0 Å². The fourth-order valence-electron chi connectivity index (χ4n) is 3.13. The zero-order valence-corrected chi connectivity index (χ0v) is 13.2. The topological polar surface area (TPSA) is 89.3 Å². The van der Waals surface area contributed by atoms with E-state index in [0.717, 1.165) is 12.8 Å². The molecule has 3 N–H and O–H groups in total. The fraction of sp³-hybridized carbons (Fsp3) is 0.533. The summed E-state index contributed by atoms with van der Waals surface area (Å²) >= 11 is 0. The van der Waals surface area contributed by atoms with Crippen molar-refractivity contribution in [1.29, 1.82) is 0 Å². The second kappa shape index (κ2) is 6.15. The second-order valence-electron chi connectivity index (χ2n) is 6.16. The zero-order chi connectivity index (χ0) is 15.6. The second-order valence-corrected chi connectivity index (χ2v) is 7.72. The van der Waals surface area contributed by atoms with Gasteiger partial charge in [-0.3, -0.25) is 4.79 Å². The van der Waals surface area contributed by atoms with Gasteiger partial charge in [0.05, 0.1) is 4.90 Å². The maximum Gasteiger partial charge on any atom is 0.251 e. The van der Waals surface area contributed by atoms with Gasteiger partial charge in [-0.15, -0.1) is 0 Å². The molecule has 0 aromatic heterocycles. The van der Waals surface area contributed by atoms with Crippen LogP contribution in [0.25, 0.3) is 0 Å². The number of sulfonamides is 1. The van der Waals surface area contributed by atoms with Gasteiger partial charge in [-0.05, 0) is 55.4 Å². The van der Waals surface area contributed by atoms with Gasteiger partial charge < -0.3 is 5.32 Å². The lowest BCUT2D eigenvalue weighted by molar-refractivity contribution is 0.0911. The number of amides is 1. The number of hydrogen-bond acceptors (Lipinski definition) is 3. The highest BCUT2D eigenvalue weighted by Crippen LogP contribution is 2.28. The molecule has 1 aromatic rings. The molecule has 0 aliphatic heterocycles. The summed E-state index contributed by atoms with van der Waals surface area (Å²) in [5.74, 6) is 1.06. The number of primary sulfonamides is 1. The molecule has 1 fully saturated rings. The Morgan fingerprint density at radius 2 is 1.62 bits per heavy atom. The van der Waals surface area contributed by atoms with Gasteiger partial charge in [0.1, 0.15) is 0 Å². The third-order valence-electron chi connectivity index (χ3n) is 3.96. The van der Waals surface area contributed by atoms with Crippen LogP contribution in [0, 0.1) is 11.8 Å². The van der Waals surface area contributed by atoms with Crippen LogP contribution in [0.5, 0.6) is 0 Å². The Morgan fingerprint density at radius 1 is 1.10 bits per heavy atom. The molecule has 0 saturated heterocycles. The van der Waals surface area contributed by atoms with Crippen molar-refractivity contribution in [3.63, 3.8) is 0 Å². The average molecular weight is 310 g/mol. The maximum atomic E-state index is 12.2. The van der Waals surface area contributed by atoms with Crippen molar-refractivity contribution in [1.82, 2.24) is 5.32 Å². The number of hydrogen-bond donors (Lipinski definition) is 2. The molecule has 1 aliphatic rings. The van der Waals surface area contributed by atoms with E-state index in [1.54, 1.807) is 0 Å². The Labute approximate surface area is 126 Å². The number of benzene rings is 1. The lowest BCUT2D eigenvalue weighted by Gasteiger charge is -2.32. The highest BCUT2D eigenvalue weighted by Gasteiger charge is 2.25. The van der Waals surface area contributed by atoms with E-state index in [4.69, 9.17) is 5.14 Å². The summed E-state index contributed by atoms with van der Waals surface area (Å²) in [6.07, 6.45) is 3.19. The molecule has 116 valence electrons. The number of carbonyl (C=O) groups excluding carboxylic acids is 1. The standard InChI is InChI=1S/C15H22N2O3S/c1-10-7-11(2)9-13(8-10)17-15(18)12-3-5-14(6-4-12)21(16,19)20/h3-6,10-11,13H,7-9H2,1-2H3,(H,17,18)(H2,16,19,20). The van der Waals surface area contributed by atoms with Gasteiger partial charge in [-0.2, -0.15) is 0 Å².